The van der Waals surface area contributed by atoms with E-state index in [9.17, 15) is 9.59 Å². The molecule has 1 saturated heterocycles. The molecule has 1 N–H and O–H groups in total. The van der Waals surface area contributed by atoms with Crippen LogP contribution in [0.1, 0.15) is 38.7 Å². The third-order valence-corrected chi connectivity index (χ3v) is 4.64. The zero-order valence-electron chi connectivity index (χ0n) is 15.0. The van der Waals surface area contributed by atoms with Gasteiger partial charge in [-0.25, -0.2) is 4.79 Å². The van der Waals surface area contributed by atoms with E-state index in [2.05, 4.69) is 5.32 Å². The van der Waals surface area contributed by atoms with Crippen molar-refractivity contribution in [3.63, 3.8) is 0 Å². The van der Waals surface area contributed by atoms with Crippen LogP contribution in [0.3, 0.4) is 0 Å². The Morgan fingerprint density at radius 1 is 1.12 bits per heavy atom. The van der Waals surface area contributed by atoms with Gasteiger partial charge in [-0.1, -0.05) is 30.3 Å². The molecule has 0 radical (unpaired) electrons. The number of nitrogens with one attached hydrogen (secondary N) is 1. The van der Waals surface area contributed by atoms with E-state index in [1.165, 1.54) is 6.42 Å². The van der Waals surface area contributed by atoms with Crippen LogP contribution in [-0.4, -0.2) is 54.0 Å². The minimum Gasteiger partial charge on any atom is -0.341 e. The predicted octanol–water partition coefficient (Wildman–Crippen LogP) is 2.66. The number of hydrogen-bond donors (Lipinski definition) is 1. The van der Waals surface area contributed by atoms with Gasteiger partial charge in [0.05, 0.1) is 0 Å². The summed E-state index contributed by atoms with van der Waals surface area (Å²) < 4.78 is 0. The number of likely N-dealkylation sites (tertiary alicyclic amines) is 1. The van der Waals surface area contributed by atoms with Crippen LogP contribution in [0.5, 0.6) is 0 Å². The van der Waals surface area contributed by atoms with Crippen LogP contribution in [0.4, 0.5) is 4.79 Å². The highest BCUT2D eigenvalue weighted by Crippen LogP contribution is 2.13. The molecule has 24 heavy (non-hydrogen) atoms. The second kappa shape index (κ2) is 8.71. The second-order valence-corrected chi connectivity index (χ2v) is 6.78. The van der Waals surface area contributed by atoms with Crippen molar-refractivity contribution in [3.8, 4) is 0 Å². The number of carbonyl (C=O) groups excluding carboxylic acids is 2. The molecule has 1 aromatic carbocycles. The van der Waals surface area contributed by atoms with E-state index in [0.29, 0.717) is 6.42 Å². The summed E-state index contributed by atoms with van der Waals surface area (Å²) >= 11 is 0. The standard InChI is InChI=1S/C19H29N3O2/c1-15(2)21(3)19(24)20-17(14-16-10-6-4-7-11-16)18(23)22-12-8-5-9-13-22/h4,6-7,10-11,15,17H,5,8-9,12-14H2,1-3H3,(H,20,24)/t17-/m1/s1. The lowest BCUT2D eigenvalue weighted by atomic mass is 10.0. The van der Waals surface area contributed by atoms with Gasteiger partial charge in [0.1, 0.15) is 6.04 Å². The van der Waals surface area contributed by atoms with Gasteiger partial charge in [0.15, 0.2) is 0 Å². The van der Waals surface area contributed by atoms with Crippen LogP contribution in [0.2, 0.25) is 0 Å². The van der Waals surface area contributed by atoms with E-state index >= 15 is 0 Å². The molecule has 1 heterocycles. The monoisotopic (exact) mass is 331 g/mol. The SMILES string of the molecule is CC(C)N(C)C(=O)N[C@H](Cc1ccccc1)C(=O)N1CCCCC1. The molecule has 1 aliphatic heterocycles. The zero-order chi connectivity index (χ0) is 17.5. The Morgan fingerprint density at radius 3 is 2.33 bits per heavy atom. The van der Waals surface area contributed by atoms with Crippen molar-refractivity contribution in [3.05, 3.63) is 35.9 Å². The van der Waals surface area contributed by atoms with Crippen molar-refractivity contribution in [1.29, 1.82) is 0 Å². The molecule has 0 bridgehead atoms. The number of piperidine rings is 1. The maximum absolute atomic E-state index is 12.9. The Morgan fingerprint density at radius 2 is 1.75 bits per heavy atom. The average Bonchev–Trinajstić information content (AvgIpc) is 2.61. The summed E-state index contributed by atoms with van der Waals surface area (Å²) in [7, 11) is 1.75. The third kappa shape index (κ3) is 4.98. The summed E-state index contributed by atoms with van der Waals surface area (Å²) in [5, 5.41) is 2.94. The topological polar surface area (TPSA) is 52.7 Å². The normalized spacial score (nSPS) is 15.9. The van der Waals surface area contributed by atoms with Crippen molar-refractivity contribution >= 4 is 11.9 Å². The number of amides is 3. The molecule has 1 atom stereocenters. The first-order valence-electron chi connectivity index (χ1n) is 8.85. The Balaban J connectivity index is 2.10. The molecule has 3 amide bonds. The minimum absolute atomic E-state index is 0.0315. The van der Waals surface area contributed by atoms with E-state index in [0.717, 1.165) is 31.5 Å². The molecule has 132 valence electrons. The van der Waals surface area contributed by atoms with Gasteiger partial charge in [-0.2, -0.15) is 0 Å². The van der Waals surface area contributed by atoms with E-state index < -0.39 is 6.04 Å². The molecule has 5 heteroatoms. The molecular weight excluding hydrogens is 302 g/mol. The van der Waals surface area contributed by atoms with Crippen LogP contribution in [0, 0.1) is 0 Å². The lowest BCUT2D eigenvalue weighted by molar-refractivity contribution is -0.134. The minimum atomic E-state index is -0.515. The number of urea groups is 1. The fraction of sp³-hybridized carbons (Fsp3) is 0.579. The smallest absolute Gasteiger partial charge is 0.318 e. The van der Waals surface area contributed by atoms with Gasteiger partial charge in [-0.15, -0.1) is 0 Å². The van der Waals surface area contributed by atoms with Gasteiger partial charge in [0.25, 0.3) is 0 Å². The van der Waals surface area contributed by atoms with Gasteiger partial charge in [0, 0.05) is 32.6 Å². The maximum atomic E-state index is 12.9. The van der Waals surface area contributed by atoms with Crippen LogP contribution < -0.4 is 5.32 Å². The first kappa shape index (κ1) is 18.3. The lowest BCUT2D eigenvalue weighted by Gasteiger charge is -2.32. The summed E-state index contributed by atoms with van der Waals surface area (Å²) in [5.74, 6) is 0.0315. The van der Waals surface area contributed by atoms with Crippen molar-refractivity contribution < 1.29 is 9.59 Å². The zero-order valence-corrected chi connectivity index (χ0v) is 15.0. The summed E-state index contributed by atoms with van der Waals surface area (Å²) in [6.07, 6.45) is 3.79. The highest BCUT2D eigenvalue weighted by atomic mass is 16.2. The molecule has 0 aliphatic carbocycles. The van der Waals surface area contributed by atoms with Crippen molar-refractivity contribution in [2.45, 2.75) is 51.6 Å². The van der Waals surface area contributed by atoms with E-state index in [-0.39, 0.29) is 18.0 Å². The number of benzene rings is 1. The molecule has 5 nitrogen and oxygen atoms in total. The summed E-state index contributed by atoms with van der Waals surface area (Å²) in [4.78, 5) is 28.9. The number of rotatable bonds is 5. The number of nitrogens with zero attached hydrogens (tertiary/aromatic N) is 2. The van der Waals surface area contributed by atoms with Gasteiger partial charge in [0.2, 0.25) is 5.91 Å². The van der Waals surface area contributed by atoms with Crippen LogP contribution in [-0.2, 0) is 11.2 Å². The molecular formula is C19H29N3O2. The lowest BCUT2D eigenvalue weighted by Crippen LogP contribution is -2.54. The average molecular weight is 331 g/mol. The molecule has 1 fully saturated rings. The van der Waals surface area contributed by atoms with Gasteiger partial charge in [-0.3, -0.25) is 4.79 Å². The molecule has 0 aromatic heterocycles. The van der Waals surface area contributed by atoms with Crippen molar-refractivity contribution in [1.82, 2.24) is 15.1 Å². The fourth-order valence-electron chi connectivity index (χ4n) is 2.87. The first-order valence-corrected chi connectivity index (χ1v) is 8.85. The van der Waals surface area contributed by atoms with Gasteiger partial charge >= 0.3 is 6.03 Å². The van der Waals surface area contributed by atoms with Gasteiger partial charge in [-0.05, 0) is 38.7 Å². The van der Waals surface area contributed by atoms with Crippen molar-refractivity contribution in [2.24, 2.45) is 0 Å². The van der Waals surface area contributed by atoms with E-state index in [4.69, 9.17) is 0 Å². The summed E-state index contributed by atoms with van der Waals surface area (Å²) in [6.45, 7) is 5.50. The first-order chi connectivity index (χ1) is 11.5. The predicted molar refractivity (Wildman–Crippen MR) is 95.8 cm³/mol. The Kier molecular flexibility index (Phi) is 6.64. The number of hydrogen-bond acceptors (Lipinski definition) is 2. The highest BCUT2D eigenvalue weighted by Gasteiger charge is 2.28. The molecule has 1 aliphatic rings. The largest absolute Gasteiger partial charge is 0.341 e. The molecule has 0 saturated carbocycles. The summed E-state index contributed by atoms with van der Waals surface area (Å²) in [6, 6.07) is 9.24. The Bertz CT molecular complexity index is 539. The molecule has 2 rings (SSSR count). The fourth-order valence-corrected chi connectivity index (χ4v) is 2.87. The molecule has 1 aromatic rings. The molecule has 0 spiro atoms. The molecule has 0 unspecified atom stereocenters. The summed E-state index contributed by atoms with van der Waals surface area (Å²) in [5.41, 5.74) is 1.06. The van der Waals surface area contributed by atoms with Crippen molar-refractivity contribution in [2.75, 3.05) is 20.1 Å². The van der Waals surface area contributed by atoms with E-state index in [1.807, 2.05) is 49.1 Å². The van der Waals surface area contributed by atoms with Crippen LogP contribution in [0.15, 0.2) is 30.3 Å². The highest BCUT2D eigenvalue weighted by molar-refractivity contribution is 5.87. The second-order valence-electron chi connectivity index (χ2n) is 6.78. The Labute approximate surface area is 145 Å². The maximum Gasteiger partial charge on any atom is 0.318 e. The van der Waals surface area contributed by atoms with Gasteiger partial charge < -0.3 is 15.1 Å². The quantitative estimate of drug-likeness (QED) is 0.902. The van der Waals surface area contributed by atoms with Crippen LogP contribution >= 0.6 is 0 Å². The van der Waals surface area contributed by atoms with Crippen LogP contribution in [0.25, 0.3) is 0 Å². The Hall–Kier alpha value is -2.04. The van der Waals surface area contributed by atoms with E-state index in [1.54, 1.807) is 11.9 Å². The number of carbonyl (C=O) groups is 2. The third-order valence-electron chi connectivity index (χ3n) is 4.64.